The zero-order valence-corrected chi connectivity index (χ0v) is 20.3. The van der Waals surface area contributed by atoms with Gasteiger partial charge in [0.25, 0.3) is 0 Å². The van der Waals surface area contributed by atoms with Crippen LogP contribution in [0.25, 0.3) is 0 Å². The Balaban J connectivity index is 0.000000406. The van der Waals surface area contributed by atoms with E-state index in [0.717, 1.165) is 22.1 Å². The van der Waals surface area contributed by atoms with Crippen molar-refractivity contribution >= 4 is 32.5 Å². The molecule has 10 heteroatoms. The summed E-state index contributed by atoms with van der Waals surface area (Å²) in [5.41, 5.74) is 0. The third-order valence-corrected chi connectivity index (χ3v) is 7.04. The van der Waals surface area contributed by atoms with Gasteiger partial charge in [-0.2, -0.15) is 0 Å². The van der Waals surface area contributed by atoms with Crippen molar-refractivity contribution in [3.8, 4) is 11.5 Å². The van der Waals surface area contributed by atoms with Crippen LogP contribution in [0.5, 0.6) is 11.5 Å². The van der Waals surface area contributed by atoms with E-state index >= 15 is 0 Å². The van der Waals surface area contributed by atoms with E-state index in [9.17, 15) is 20.8 Å². The standard InChI is InChI=1S/C24H20O2P.AsF6/c1-5-13-21(14-6-1)25-27(23-17-9-3-10-18-23,24-19-11-4-12-20-24)26-22-15-7-2-8-16-22;2-1(3,4,5,6)7/h1-20H;/q+1;-1. The van der Waals surface area contributed by atoms with Crippen molar-refractivity contribution in [3.63, 3.8) is 0 Å². The van der Waals surface area contributed by atoms with E-state index < -0.39 is 21.9 Å². The van der Waals surface area contributed by atoms with Gasteiger partial charge >= 0.3 is 42.7 Å². The van der Waals surface area contributed by atoms with Crippen LogP contribution in [0.2, 0.25) is 0 Å². The molecule has 0 aliphatic rings. The second-order valence-corrected chi connectivity index (χ2v) is 13.5. The molecule has 0 aliphatic carbocycles. The van der Waals surface area contributed by atoms with Crippen LogP contribution in [0.15, 0.2) is 121 Å². The predicted octanol–water partition coefficient (Wildman–Crippen LogP) is 7.78. The molecule has 0 unspecified atom stereocenters. The van der Waals surface area contributed by atoms with E-state index in [2.05, 4.69) is 24.3 Å². The van der Waals surface area contributed by atoms with Crippen molar-refractivity contribution in [1.82, 2.24) is 0 Å². The minimum atomic E-state index is -11.1. The van der Waals surface area contributed by atoms with Crippen LogP contribution in [0.4, 0.5) is 20.8 Å². The molecule has 0 N–H and O–H groups in total. The molecule has 0 saturated heterocycles. The second kappa shape index (κ2) is 9.36. The number of halogens is 6. The Hall–Kier alpha value is -2.95. The fourth-order valence-electron chi connectivity index (χ4n) is 2.89. The summed E-state index contributed by atoms with van der Waals surface area (Å²) in [5.74, 6) is 1.57. The van der Waals surface area contributed by atoms with Crippen LogP contribution in [0.1, 0.15) is 0 Å². The second-order valence-electron chi connectivity index (χ2n) is 6.99. The van der Waals surface area contributed by atoms with E-state index in [1.165, 1.54) is 0 Å². The van der Waals surface area contributed by atoms with E-state index in [-0.39, 0.29) is 0 Å². The van der Waals surface area contributed by atoms with Crippen molar-refractivity contribution in [2.75, 3.05) is 0 Å². The van der Waals surface area contributed by atoms with Gasteiger partial charge in [-0.15, -0.1) is 0 Å². The maximum absolute atomic E-state index is 11.1. The first-order valence-electron chi connectivity index (χ1n) is 9.88. The SMILES string of the molecule is F[As-](F)(F)(F)(F)F.c1ccc(O[P+](Oc2ccccc2)(c2ccccc2)c2ccccc2)cc1. The van der Waals surface area contributed by atoms with Gasteiger partial charge in [-0.1, -0.05) is 72.8 Å². The minimum Gasteiger partial charge on any atom is -0.299 e. The van der Waals surface area contributed by atoms with Gasteiger partial charge in [0, 0.05) is 0 Å². The third kappa shape index (κ3) is 8.77. The van der Waals surface area contributed by atoms with Crippen molar-refractivity contribution in [1.29, 1.82) is 0 Å². The van der Waals surface area contributed by atoms with E-state index in [1.54, 1.807) is 0 Å². The number of hydrogen-bond donors (Lipinski definition) is 0. The van der Waals surface area contributed by atoms with Gasteiger partial charge in [0.15, 0.2) is 22.1 Å². The van der Waals surface area contributed by atoms with Crippen LogP contribution >= 0.6 is 7.72 Å². The Kier molecular flexibility index (Phi) is 7.07. The summed E-state index contributed by atoms with van der Waals surface area (Å²) in [4.78, 5) is 0. The van der Waals surface area contributed by atoms with Crippen LogP contribution in [-0.4, -0.2) is 14.2 Å². The maximum atomic E-state index is 9.91. The van der Waals surface area contributed by atoms with Gasteiger partial charge in [-0.05, 0) is 48.5 Å². The molecule has 0 heterocycles. The summed E-state index contributed by atoms with van der Waals surface area (Å²) in [6.45, 7) is 0. The number of rotatable bonds is 6. The molecule has 0 spiro atoms. The molecule has 0 radical (unpaired) electrons. The molecule has 0 fully saturated rings. The first-order valence-corrected chi connectivity index (χ1v) is 15.8. The van der Waals surface area contributed by atoms with Crippen molar-refractivity contribution in [3.05, 3.63) is 121 Å². The zero-order valence-electron chi connectivity index (χ0n) is 17.5. The van der Waals surface area contributed by atoms with Crippen LogP contribution in [0, 0.1) is 0 Å². The van der Waals surface area contributed by atoms with Crippen LogP contribution < -0.4 is 19.7 Å². The van der Waals surface area contributed by atoms with Gasteiger partial charge in [0.1, 0.15) is 0 Å². The first-order chi connectivity index (χ1) is 15.8. The summed E-state index contributed by atoms with van der Waals surface area (Å²) in [6, 6.07) is 40.1. The summed E-state index contributed by atoms with van der Waals surface area (Å²) in [6.07, 6.45) is 0. The van der Waals surface area contributed by atoms with Gasteiger partial charge in [0.05, 0.1) is 0 Å². The molecule has 4 rings (SSSR count). The molecule has 4 aromatic rings. The van der Waals surface area contributed by atoms with Crippen molar-refractivity contribution in [2.24, 2.45) is 0 Å². The fraction of sp³-hybridized carbons (Fsp3) is 0. The Morgan fingerprint density at radius 3 is 0.912 bits per heavy atom. The molecule has 0 amide bonds. The monoisotopic (exact) mass is 560 g/mol. The van der Waals surface area contributed by atoms with Gasteiger partial charge in [-0.3, -0.25) is 9.05 Å². The molecule has 0 atom stereocenters. The first kappa shape index (κ1) is 25.7. The summed E-state index contributed by atoms with van der Waals surface area (Å²) in [5, 5.41) is 2.06. The van der Waals surface area contributed by atoms with Crippen molar-refractivity contribution < 1.29 is 29.8 Å². The summed E-state index contributed by atoms with van der Waals surface area (Å²) in [7, 11) is -2.64. The Morgan fingerprint density at radius 1 is 0.412 bits per heavy atom. The van der Waals surface area contributed by atoms with Gasteiger partial charge in [0.2, 0.25) is 0 Å². The van der Waals surface area contributed by atoms with Gasteiger partial charge in [-0.25, -0.2) is 0 Å². The quantitative estimate of drug-likeness (QED) is 0.136. The van der Waals surface area contributed by atoms with Gasteiger partial charge < -0.3 is 0 Å². The average Bonchev–Trinajstić information content (AvgIpc) is 2.79. The maximum Gasteiger partial charge on any atom is 0.428 e. The van der Waals surface area contributed by atoms with Crippen LogP contribution in [-0.2, 0) is 0 Å². The molecule has 4 aromatic carbocycles. The minimum absolute atomic E-state index is 0.787. The Morgan fingerprint density at radius 2 is 0.647 bits per heavy atom. The summed E-state index contributed by atoms with van der Waals surface area (Å²) < 4.78 is 72.8. The number of para-hydroxylation sites is 2. The topological polar surface area (TPSA) is 18.5 Å². The van der Waals surface area contributed by atoms with Crippen LogP contribution in [0.3, 0.4) is 0 Å². The molecule has 0 aliphatic heterocycles. The summed E-state index contributed by atoms with van der Waals surface area (Å²) >= 11 is -11.1. The van der Waals surface area contributed by atoms with E-state index in [0.29, 0.717) is 0 Å². The molecular weight excluding hydrogens is 540 g/mol. The average molecular weight is 560 g/mol. The van der Waals surface area contributed by atoms with E-state index in [4.69, 9.17) is 9.05 Å². The van der Waals surface area contributed by atoms with E-state index in [1.807, 2.05) is 97.1 Å². The Bertz CT molecular complexity index is 1080. The molecule has 0 saturated carbocycles. The zero-order chi connectivity index (χ0) is 24.8. The third-order valence-electron chi connectivity index (χ3n) is 4.15. The number of hydrogen-bond acceptors (Lipinski definition) is 2. The molecular formula is C24H20AsF6O2P. The molecule has 2 nitrogen and oxygen atoms in total. The smallest absolute Gasteiger partial charge is 0.299 e. The molecule has 0 aromatic heterocycles. The molecule has 0 bridgehead atoms. The normalized spacial score (nSPS) is 13.5. The predicted molar refractivity (Wildman–Crippen MR) is 126 cm³/mol. The Labute approximate surface area is 195 Å². The molecule has 34 heavy (non-hydrogen) atoms. The largest absolute Gasteiger partial charge is 0.428 e. The fourth-order valence-corrected chi connectivity index (χ4v) is 5.61. The molecule has 180 valence electrons. The number of benzene rings is 4. The van der Waals surface area contributed by atoms with Crippen molar-refractivity contribution in [2.45, 2.75) is 0 Å².